The monoisotopic (exact) mass is 1040 g/mol. The van der Waals surface area contributed by atoms with Crippen LogP contribution in [0, 0.1) is 10.5 Å². The third kappa shape index (κ3) is 11.8. The van der Waals surface area contributed by atoms with Gasteiger partial charge in [0.05, 0.1) is 37.1 Å². The maximum atomic E-state index is 11.5. The first-order valence-corrected chi connectivity index (χ1v) is 24.9. The third-order valence-electron chi connectivity index (χ3n) is 9.48. The Balaban J connectivity index is 0.000000143. The molecule has 0 aliphatic carbocycles. The fraction of sp³-hybridized carbons (Fsp3) is 0.0980. The summed E-state index contributed by atoms with van der Waals surface area (Å²) in [6, 6.07) is 42.9. The van der Waals surface area contributed by atoms with E-state index < -0.39 is 5.97 Å². The molecule has 6 aromatic heterocycles. The molecule has 0 saturated heterocycles. The Hall–Kier alpha value is -6.04. The van der Waals surface area contributed by atoms with E-state index in [2.05, 4.69) is 104 Å². The summed E-state index contributed by atoms with van der Waals surface area (Å²) in [5.41, 5.74) is 12.7. The van der Waals surface area contributed by atoms with Gasteiger partial charge in [0, 0.05) is 46.9 Å². The van der Waals surface area contributed by atoms with Gasteiger partial charge in [0.2, 0.25) is 0 Å². The topological polar surface area (TPSA) is 141 Å². The van der Waals surface area contributed by atoms with E-state index in [1.165, 1.54) is 50.1 Å². The second kappa shape index (κ2) is 22.2. The lowest BCUT2D eigenvalue weighted by atomic mass is 9.98. The van der Waals surface area contributed by atoms with E-state index in [1.807, 2.05) is 92.8 Å². The number of aliphatic carboxylic acids is 1. The molecule has 10 aromatic rings. The highest BCUT2D eigenvalue weighted by Gasteiger charge is 2.14. The number of hydrogen-bond acceptors (Lipinski definition) is 12. The zero-order valence-corrected chi connectivity index (χ0v) is 41.1. The smallest absolute Gasteiger partial charge is 0.313 e. The molecule has 0 bridgehead atoms. The van der Waals surface area contributed by atoms with Gasteiger partial charge in [-0.1, -0.05) is 92.7 Å². The summed E-state index contributed by atoms with van der Waals surface area (Å²) < 4.78 is 10.0. The van der Waals surface area contributed by atoms with Crippen molar-refractivity contribution in [3.8, 4) is 44.2 Å². The van der Waals surface area contributed by atoms with Crippen molar-refractivity contribution in [2.45, 2.75) is 32.6 Å². The van der Waals surface area contributed by atoms with Crippen LogP contribution in [0.4, 0.5) is 5.82 Å². The molecule has 0 radical (unpaired) electrons. The van der Waals surface area contributed by atoms with Gasteiger partial charge >= 0.3 is 5.97 Å². The number of pyridine rings is 2. The SMILES string of the molecule is CC.CC(=O)c1cc2c(Oc3ccc(I)cc3)cncc2s1.Cc1cc2c(-c3cccc(-c4ccccc4)c3)cnc(N)c2s1.O=C(O)CSc1cnnc2cc(-c3ccccc3)sc12. The number of carbonyl (C=O) groups is 2. The van der Waals surface area contributed by atoms with Crippen LogP contribution in [0.25, 0.3) is 63.1 Å². The molecular formula is C51H42IN5O4S4. The number of ether oxygens (including phenoxy) is 1. The average Bonchev–Trinajstić information content (AvgIpc) is 4.09. The molecule has 0 aliphatic heterocycles. The van der Waals surface area contributed by atoms with Gasteiger partial charge in [-0.3, -0.25) is 14.6 Å². The number of anilines is 1. The first-order valence-electron chi connectivity index (χ1n) is 20.4. The number of rotatable bonds is 9. The Kier molecular flexibility index (Phi) is 16.1. The van der Waals surface area contributed by atoms with Gasteiger partial charge in [0.15, 0.2) is 11.5 Å². The number of ketones is 1. The third-order valence-corrected chi connectivity index (χ3v) is 14.8. The Morgan fingerprint density at radius 1 is 0.738 bits per heavy atom. The number of benzene rings is 4. The van der Waals surface area contributed by atoms with Gasteiger partial charge < -0.3 is 15.6 Å². The van der Waals surface area contributed by atoms with Crippen LogP contribution < -0.4 is 10.5 Å². The first kappa shape index (κ1) is 46.9. The summed E-state index contributed by atoms with van der Waals surface area (Å²) in [6.45, 7) is 7.67. The van der Waals surface area contributed by atoms with E-state index in [4.69, 9.17) is 15.6 Å². The normalized spacial score (nSPS) is 10.6. The van der Waals surface area contributed by atoms with Crippen LogP contribution in [0.1, 0.15) is 35.3 Å². The Morgan fingerprint density at radius 3 is 2.14 bits per heavy atom. The highest BCUT2D eigenvalue weighted by atomic mass is 127. The largest absolute Gasteiger partial charge is 0.481 e. The van der Waals surface area contributed by atoms with Crippen molar-refractivity contribution in [1.82, 2.24) is 20.2 Å². The summed E-state index contributed by atoms with van der Waals surface area (Å²) >= 11 is 8.28. The van der Waals surface area contributed by atoms with Gasteiger partial charge in [-0.25, -0.2) is 4.98 Å². The molecule has 0 aliphatic rings. The van der Waals surface area contributed by atoms with Crippen molar-refractivity contribution < 1.29 is 19.4 Å². The van der Waals surface area contributed by atoms with Crippen LogP contribution in [0.5, 0.6) is 11.5 Å². The average molecular weight is 1040 g/mol. The van der Waals surface area contributed by atoms with E-state index >= 15 is 0 Å². The fourth-order valence-corrected chi connectivity index (χ4v) is 10.7. The summed E-state index contributed by atoms with van der Waals surface area (Å²) in [5.74, 6) is 1.30. The zero-order valence-electron chi connectivity index (χ0n) is 35.7. The van der Waals surface area contributed by atoms with Gasteiger partial charge in [0.1, 0.15) is 17.1 Å². The molecule has 0 unspecified atom stereocenters. The molecule has 0 fully saturated rings. The van der Waals surface area contributed by atoms with Crippen molar-refractivity contribution in [3.63, 3.8) is 0 Å². The molecule has 4 aromatic carbocycles. The van der Waals surface area contributed by atoms with E-state index in [1.54, 1.807) is 48.2 Å². The molecule has 0 spiro atoms. The number of thioether (sulfide) groups is 1. The van der Waals surface area contributed by atoms with Crippen LogP contribution in [0.15, 0.2) is 157 Å². The van der Waals surface area contributed by atoms with Crippen LogP contribution >= 0.6 is 68.4 Å². The van der Waals surface area contributed by atoms with Crippen molar-refractivity contribution in [2.75, 3.05) is 11.5 Å². The van der Waals surface area contributed by atoms with E-state index in [-0.39, 0.29) is 11.5 Å². The number of thiophene rings is 3. The van der Waals surface area contributed by atoms with Crippen molar-refractivity contribution >= 4 is 116 Å². The second-order valence-electron chi connectivity index (χ2n) is 14.0. The number of aryl methyl sites for hydroxylation is 1. The lowest BCUT2D eigenvalue weighted by molar-refractivity contribution is -0.133. The number of aromatic nitrogens is 4. The summed E-state index contributed by atoms with van der Waals surface area (Å²) in [5, 5.41) is 18.9. The summed E-state index contributed by atoms with van der Waals surface area (Å²) in [4.78, 5) is 34.7. The van der Waals surface area contributed by atoms with E-state index in [0.29, 0.717) is 11.6 Å². The Morgan fingerprint density at radius 2 is 1.43 bits per heavy atom. The standard InChI is InChI=1S/C20H16N2S.C15H10INO2S.C14H10N2O2S2.C2H6/c1-13-10-17-18(12-22-20(21)19(17)23-13)16-9-5-8-15(11-16)14-6-3-2-4-7-14;1-9(18)14-6-12-13(7-17-8-15(12)20-14)19-11-4-2-10(16)3-5-11;17-13(18)8-19-12-7-15-16-10-6-11(20-14(10)12)9-4-2-1-3-5-9;1-2/h2-12H,1H3,(H2,21,22);2-8H,1H3;1-7H,8H2,(H,17,18);1-2H3. The molecule has 14 heteroatoms. The maximum Gasteiger partial charge on any atom is 0.313 e. The number of carboxylic acid groups (broad SMARTS) is 1. The molecule has 65 heavy (non-hydrogen) atoms. The van der Waals surface area contributed by atoms with Gasteiger partial charge in [-0.15, -0.1) is 50.9 Å². The number of fused-ring (bicyclic) bond motifs is 3. The van der Waals surface area contributed by atoms with Crippen molar-refractivity contribution in [2.24, 2.45) is 0 Å². The molecule has 3 N–H and O–H groups in total. The van der Waals surface area contributed by atoms with E-state index in [9.17, 15) is 9.59 Å². The molecular weight excluding hydrogens is 1000 g/mol. The molecule has 0 saturated carbocycles. The zero-order chi connectivity index (χ0) is 45.9. The molecule has 6 heterocycles. The molecule has 0 amide bonds. The van der Waals surface area contributed by atoms with Crippen molar-refractivity contribution in [3.05, 3.63) is 166 Å². The number of halogens is 1. The molecule has 10 rings (SSSR count). The maximum absolute atomic E-state index is 11.5. The van der Waals surface area contributed by atoms with Gasteiger partial charge in [0.25, 0.3) is 0 Å². The van der Waals surface area contributed by atoms with Crippen LogP contribution in [0.2, 0.25) is 0 Å². The number of carbonyl (C=O) groups excluding carboxylic acids is 1. The number of hydrogen-bond donors (Lipinski definition) is 2. The number of nitrogens with two attached hydrogens (primary N) is 1. The number of nitrogen functional groups attached to an aromatic ring is 1. The number of carboxylic acids is 1. The predicted molar refractivity (Wildman–Crippen MR) is 281 cm³/mol. The van der Waals surface area contributed by atoms with Crippen LogP contribution in [0.3, 0.4) is 0 Å². The minimum atomic E-state index is -0.834. The molecule has 0 atom stereocenters. The van der Waals surface area contributed by atoms with Crippen LogP contribution in [-0.2, 0) is 4.79 Å². The summed E-state index contributed by atoms with van der Waals surface area (Å²) in [7, 11) is 0. The van der Waals surface area contributed by atoms with Gasteiger partial charge in [-0.05, 0) is 107 Å². The molecule has 326 valence electrons. The predicted octanol–water partition coefficient (Wildman–Crippen LogP) is 15.0. The minimum Gasteiger partial charge on any atom is -0.481 e. The highest BCUT2D eigenvalue weighted by molar-refractivity contribution is 14.1. The Labute approximate surface area is 406 Å². The number of Topliss-reactive ketones (excluding diaryl/α,β-unsaturated/α-hetero) is 1. The quantitative estimate of drug-likeness (QED) is 0.0815. The second-order valence-corrected chi connectivity index (χ2v) is 19.6. The fourth-order valence-electron chi connectivity index (χ4n) is 6.54. The lowest BCUT2D eigenvalue weighted by Gasteiger charge is -2.08. The molecule has 9 nitrogen and oxygen atoms in total. The van der Waals surface area contributed by atoms with E-state index in [0.717, 1.165) is 60.1 Å². The Bertz CT molecular complexity index is 3210. The van der Waals surface area contributed by atoms with Crippen molar-refractivity contribution in [1.29, 1.82) is 0 Å². The minimum absolute atomic E-state index is 0.0271. The van der Waals surface area contributed by atoms with Crippen LogP contribution in [-0.4, -0.2) is 42.8 Å². The van der Waals surface area contributed by atoms with Gasteiger partial charge in [-0.2, -0.15) is 5.10 Å². The highest BCUT2D eigenvalue weighted by Crippen LogP contribution is 2.39. The first-order chi connectivity index (χ1) is 31.6. The number of nitrogens with zero attached hydrogens (tertiary/aromatic N) is 4. The lowest BCUT2D eigenvalue weighted by Crippen LogP contribution is -1.97. The summed E-state index contributed by atoms with van der Waals surface area (Å²) in [6.07, 6.45) is 6.94.